The average molecular weight is 360 g/mol. The molecule has 1 N–H and O–H groups in total. The summed E-state index contributed by atoms with van der Waals surface area (Å²) < 4.78 is 26.1. The summed E-state index contributed by atoms with van der Waals surface area (Å²) in [7, 11) is 4.41. The van der Waals surface area contributed by atoms with Gasteiger partial charge in [0.25, 0.3) is 0 Å². The Labute approximate surface area is 151 Å². The van der Waals surface area contributed by atoms with Gasteiger partial charge in [0.2, 0.25) is 6.79 Å². The number of carbonyl (C=O) groups excluding carboxylic acids is 1. The van der Waals surface area contributed by atoms with Gasteiger partial charge < -0.3 is 28.8 Å². The third-order valence-electron chi connectivity index (χ3n) is 4.31. The normalized spacial score (nSPS) is 13.2. The lowest BCUT2D eigenvalue weighted by molar-refractivity contribution is -0.140. The van der Waals surface area contributed by atoms with Crippen LogP contribution in [0.2, 0.25) is 0 Å². The number of aromatic hydroxyl groups is 1. The van der Waals surface area contributed by atoms with Gasteiger partial charge in [0.05, 0.1) is 27.8 Å². The number of rotatable bonds is 6. The molecule has 1 aliphatic rings. The van der Waals surface area contributed by atoms with Crippen molar-refractivity contribution < 1.29 is 33.6 Å². The molecule has 0 radical (unpaired) electrons. The first-order valence-electron chi connectivity index (χ1n) is 7.98. The lowest BCUT2D eigenvalue weighted by Gasteiger charge is -2.20. The summed E-state index contributed by atoms with van der Waals surface area (Å²) in [6, 6.07) is 8.52. The van der Waals surface area contributed by atoms with Crippen molar-refractivity contribution in [2.24, 2.45) is 0 Å². The number of benzene rings is 2. The van der Waals surface area contributed by atoms with Crippen molar-refractivity contribution in [3.63, 3.8) is 0 Å². The first-order valence-corrected chi connectivity index (χ1v) is 7.98. The Morgan fingerprint density at radius 2 is 1.77 bits per heavy atom. The van der Waals surface area contributed by atoms with Crippen LogP contribution in [0.5, 0.6) is 28.7 Å². The monoisotopic (exact) mass is 360 g/mol. The lowest BCUT2D eigenvalue weighted by atomic mass is 9.87. The van der Waals surface area contributed by atoms with Crippen LogP contribution >= 0.6 is 0 Å². The van der Waals surface area contributed by atoms with Gasteiger partial charge in [-0.3, -0.25) is 4.79 Å². The molecule has 0 bridgehead atoms. The van der Waals surface area contributed by atoms with E-state index in [2.05, 4.69) is 0 Å². The number of ether oxygens (including phenoxy) is 5. The topological polar surface area (TPSA) is 83.5 Å². The van der Waals surface area contributed by atoms with Crippen molar-refractivity contribution in [1.82, 2.24) is 0 Å². The summed E-state index contributed by atoms with van der Waals surface area (Å²) in [4.78, 5) is 12.0. The van der Waals surface area contributed by atoms with Crippen LogP contribution in [0.15, 0.2) is 30.3 Å². The molecule has 0 saturated carbocycles. The SMILES string of the molecule is COC(=O)C[C@@H](c1ccc(OC)c(OC)c1)c1cc2c(cc1O)OCO2. The molecule has 0 amide bonds. The maximum absolute atomic E-state index is 12.0. The summed E-state index contributed by atoms with van der Waals surface area (Å²) >= 11 is 0. The van der Waals surface area contributed by atoms with Crippen LogP contribution in [0.1, 0.15) is 23.5 Å². The van der Waals surface area contributed by atoms with E-state index >= 15 is 0 Å². The van der Waals surface area contributed by atoms with E-state index < -0.39 is 11.9 Å². The number of phenols is 1. The first kappa shape index (κ1) is 17.7. The van der Waals surface area contributed by atoms with E-state index in [4.69, 9.17) is 23.7 Å². The van der Waals surface area contributed by atoms with Gasteiger partial charge in [0, 0.05) is 17.5 Å². The van der Waals surface area contributed by atoms with Crippen LogP contribution in [0.4, 0.5) is 0 Å². The highest BCUT2D eigenvalue weighted by Crippen LogP contribution is 2.44. The summed E-state index contributed by atoms with van der Waals surface area (Å²) in [6.45, 7) is 0.0935. The molecule has 26 heavy (non-hydrogen) atoms. The van der Waals surface area contributed by atoms with E-state index in [9.17, 15) is 9.90 Å². The quantitative estimate of drug-likeness (QED) is 0.793. The number of phenolic OH excluding ortho intramolecular Hbond substituents is 1. The van der Waals surface area contributed by atoms with Gasteiger partial charge in [-0.1, -0.05) is 6.07 Å². The minimum Gasteiger partial charge on any atom is -0.508 e. The molecule has 2 aromatic carbocycles. The van der Waals surface area contributed by atoms with Crippen molar-refractivity contribution in [3.05, 3.63) is 41.5 Å². The molecule has 0 fully saturated rings. The Hall–Kier alpha value is -3.09. The molecule has 0 unspecified atom stereocenters. The zero-order chi connectivity index (χ0) is 18.7. The van der Waals surface area contributed by atoms with Gasteiger partial charge in [-0.2, -0.15) is 0 Å². The van der Waals surface area contributed by atoms with Crippen LogP contribution in [0, 0.1) is 0 Å². The van der Waals surface area contributed by atoms with E-state index in [0.29, 0.717) is 28.6 Å². The van der Waals surface area contributed by atoms with Crippen molar-refractivity contribution in [2.75, 3.05) is 28.1 Å². The standard InChI is InChI=1S/C19H20O7/c1-22-15-5-4-11(6-16(15)23-2)12(8-19(21)24-3)13-7-17-18(9-14(13)20)26-10-25-17/h4-7,9,12,20H,8,10H2,1-3H3/t12-/m0/s1. The van der Waals surface area contributed by atoms with E-state index in [0.717, 1.165) is 5.56 Å². The highest BCUT2D eigenvalue weighted by molar-refractivity contribution is 5.72. The van der Waals surface area contributed by atoms with Gasteiger partial charge in [0.15, 0.2) is 23.0 Å². The van der Waals surface area contributed by atoms with E-state index in [-0.39, 0.29) is 19.0 Å². The van der Waals surface area contributed by atoms with Gasteiger partial charge >= 0.3 is 5.97 Å². The highest BCUT2D eigenvalue weighted by atomic mass is 16.7. The van der Waals surface area contributed by atoms with Crippen LogP contribution in [-0.2, 0) is 9.53 Å². The zero-order valence-electron chi connectivity index (χ0n) is 14.8. The molecule has 3 rings (SSSR count). The van der Waals surface area contributed by atoms with Crippen molar-refractivity contribution in [3.8, 4) is 28.7 Å². The summed E-state index contributed by atoms with van der Waals surface area (Å²) in [5.74, 6) is 1.24. The molecule has 0 saturated heterocycles. The molecule has 2 aromatic rings. The van der Waals surface area contributed by atoms with Gasteiger partial charge in [-0.25, -0.2) is 0 Å². The predicted molar refractivity (Wildman–Crippen MR) is 92.3 cm³/mol. The molecule has 7 heteroatoms. The molecule has 0 aliphatic carbocycles. The molecule has 0 spiro atoms. The van der Waals surface area contributed by atoms with Gasteiger partial charge in [-0.15, -0.1) is 0 Å². The molecule has 138 valence electrons. The number of methoxy groups -OCH3 is 3. The van der Waals surface area contributed by atoms with Crippen LogP contribution in [-0.4, -0.2) is 39.2 Å². The highest BCUT2D eigenvalue weighted by Gasteiger charge is 2.26. The van der Waals surface area contributed by atoms with E-state index in [1.54, 1.807) is 25.3 Å². The molecular formula is C19H20O7. The Kier molecular flexibility index (Phi) is 5.06. The van der Waals surface area contributed by atoms with Crippen LogP contribution in [0.3, 0.4) is 0 Å². The van der Waals surface area contributed by atoms with Crippen molar-refractivity contribution in [1.29, 1.82) is 0 Å². The Bertz CT molecular complexity index is 816. The van der Waals surface area contributed by atoms with E-state index in [1.165, 1.54) is 20.3 Å². The fourth-order valence-electron chi connectivity index (χ4n) is 2.95. The summed E-state index contributed by atoms with van der Waals surface area (Å²) in [6.07, 6.45) is 0.0409. The molecule has 1 heterocycles. The van der Waals surface area contributed by atoms with Gasteiger partial charge in [-0.05, 0) is 23.8 Å². The van der Waals surface area contributed by atoms with Crippen LogP contribution < -0.4 is 18.9 Å². The molecule has 1 atom stereocenters. The van der Waals surface area contributed by atoms with Crippen LogP contribution in [0.25, 0.3) is 0 Å². The largest absolute Gasteiger partial charge is 0.508 e. The summed E-state index contributed by atoms with van der Waals surface area (Å²) in [5, 5.41) is 10.5. The number of hydrogen-bond acceptors (Lipinski definition) is 7. The third-order valence-corrected chi connectivity index (χ3v) is 4.31. The Morgan fingerprint density at radius 1 is 1.08 bits per heavy atom. The molecule has 1 aliphatic heterocycles. The number of hydrogen-bond donors (Lipinski definition) is 1. The maximum Gasteiger partial charge on any atom is 0.306 e. The Morgan fingerprint density at radius 3 is 2.42 bits per heavy atom. The second-order valence-corrected chi connectivity index (χ2v) is 5.71. The molecule has 0 aromatic heterocycles. The minimum atomic E-state index is -0.461. The third kappa shape index (κ3) is 3.33. The minimum absolute atomic E-state index is 0.0120. The van der Waals surface area contributed by atoms with E-state index in [1.807, 2.05) is 6.07 Å². The number of fused-ring (bicyclic) bond motifs is 1. The number of esters is 1. The molecular weight excluding hydrogens is 340 g/mol. The summed E-state index contributed by atoms with van der Waals surface area (Å²) in [5.41, 5.74) is 1.30. The second-order valence-electron chi connectivity index (χ2n) is 5.71. The zero-order valence-corrected chi connectivity index (χ0v) is 14.8. The number of carbonyl (C=O) groups is 1. The first-order chi connectivity index (χ1) is 12.6. The molecule has 7 nitrogen and oxygen atoms in total. The second kappa shape index (κ2) is 7.43. The van der Waals surface area contributed by atoms with Crippen molar-refractivity contribution >= 4 is 5.97 Å². The fourth-order valence-corrected chi connectivity index (χ4v) is 2.95. The smallest absolute Gasteiger partial charge is 0.306 e. The van der Waals surface area contributed by atoms with Gasteiger partial charge in [0.1, 0.15) is 5.75 Å². The predicted octanol–water partition coefficient (Wildman–Crippen LogP) is 2.83. The van der Waals surface area contributed by atoms with Crippen molar-refractivity contribution in [2.45, 2.75) is 12.3 Å². The average Bonchev–Trinajstić information content (AvgIpc) is 3.11. The maximum atomic E-state index is 12.0. The lowest BCUT2D eigenvalue weighted by Crippen LogP contribution is -2.11. The Balaban J connectivity index is 2.08. The fraction of sp³-hybridized carbons (Fsp3) is 0.316.